The first-order valence-electron chi connectivity index (χ1n) is 15.8. The van der Waals surface area contributed by atoms with Gasteiger partial charge in [0.2, 0.25) is 0 Å². The quantitative estimate of drug-likeness (QED) is 0.408. The Morgan fingerprint density at radius 1 is 1.13 bits per heavy atom. The van der Waals surface area contributed by atoms with Gasteiger partial charge in [-0.2, -0.15) is 9.97 Å². The molecule has 46 heavy (non-hydrogen) atoms. The Morgan fingerprint density at radius 2 is 2.00 bits per heavy atom. The van der Waals surface area contributed by atoms with Crippen LogP contribution < -0.4 is 24.2 Å². The Balaban J connectivity index is 1.06. The Morgan fingerprint density at radius 3 is 2.78 bits per heavy atom. The van der Waals surface area contributed by atoms with Crippen molar-refractivity contribution in [3.63, 3.8) is 0 Å². The lowest BCUT2D eigenvalue weighted by molar-refractivity contribution is 0.0985. The molecule has 5 atom stereocenters. The second kappa shape index (κ2) is 12.2. The molecule has 12 heteroatoms. The summed E-state index contributed by atoms with van der Waals surface area (Å²) in [7, 11) is 0. The van der Waals surface area contributed by atoms with Crippen LogP contribution in [0, 0.1) is 18.2 Å². The Hall–Kier alpha value is -4.21. The number of hydrogen-bond donors (Lipinski definition) is 1. The molecule has 3 aromatic rings. The van der Waals surface area contributed by atoms with E-state index in [-0.39, 0.29) is 43.2 Å². The van der Waals surface area contributed by atoms with Crippen LogP contribution in [0.15, 0.2) is 36.7 Å². The van der Waals surface area contributed by atoms with Crippen LogP contribution >= 0.6 is 0 Å². The maximum atomic E-state index is 14.9. The summed E-state index contributed by atoms with van der Waals surface area (Å²) in [4.78, 5) is 19.9. The molecule has 10 nitrogen and oxygen atoms in total. The number of aliphatic hydroxyl groups is 1. The summed E-state index contributed by atoms with van der Waals surface area (Å²) >= 11 is 0. The summed E-state index contributed by atoms with van der Waals surface area (Å²) in [5, 5.41) is 10.6. The fraction of sp³-hybridized carbons (Fsp3) is 0.500. The molecule has 6 heterocycles. The van der Waals surface area contributed by atoms with Crippen molar-refractivity contribution < 1.29 is 28.1 Å². The number of aromatic nitrogens is 3. The van der Waals surface area contributed by atoms with E-state index in [4.69, 9.17) is 25.6 Å². The fourth-order valence-electron chi connectivity index (χ4n) is 7.22. The SMILES string of the molecule is C#Cc1c(F)ccc2c1N([C@H]1COc3cnc(OC[C@]4(C)C[C@@H](F)CN4c4ccc(N5CCOC[C@H]5C)nc4)nc3C1)C[C@@H](O)C2. The molecule has 0 unspecified atom stereocenters. The van der Waals surface area contributed by atoms with Crippen LogP contribution in [0.1, 0.15) is 37.1 Å². The van der Waals surface area contributed by atoms with Gasteiger partial charge in [0, 0.05) is 32.4 Å². The number of halogens is 2. The van der Waals surface area contributed by atoms with E-state index in [9.17, 15) is 13.9 Å². The van der Waals surface area contributed by atoms with Gasteiger partial charge < -0.3 is 34.0 Å². The van der Waals surface area contributed by atoms with E-state index < -0.39 is 23.6 Å². The summed E-state index contributed by atoms with van der Waals surface area (Å²) in [5.41, 5.74) is 2.40. The lowest BCUT2D eigenvalue weighted by atomic mass is 9.93. The van der Waals surface area contributed by atoms with Gasteiger partial charge in [0.25, 0.3) is 0 Å². The highest BCUT2D eigenvalue weighted by Crippen LogP contribution is 2.38. The minimum absolute atomic E-state index is 0.162. The number of benzene rings is 1. The van der Waals surface area contributed by atoms with Gasteiger partial charge in [0.05, 0.1) is 78.5 Å². The number of β-amino-alcohol motifs (C(OH)–C–C–N with tert-alkyl or cyclic N) is 1. The predicted molar refractivity (Wildman–Crippen MR) is 169 cm³/mol. The Kier molecular flexibility index (Phi) is 8.07. The molecule has 0 amide bonds. The number of pyridine rings is 1. The van der Waals surface area contributed by atoms with Crippen LogP contribution in [0.2, 0.25) is 0 Å². The third-order valence-electron chi connectivity index (χ3n) is 9.53. The van der Waals surface area contributed by atoms with Gasteiger partial charge in [0.1, 0.15) is 31.0 Å². The Bertz CT molecular complexity index is 1640. The molecule has 4 aliphatic rings. The normalized spacial score (nSPS) is 27.4. The minimum Gasteiger partial charge on any atom is -0.488 e. The van der Waals surface area contributed by atoms with E-state index in [0.29, 0.717) is 56.3 Å². The molecule has 0 radical (unpaired) electrons. The van der Waals surface area contributed by atoms with Crippen molar-refractivity contribution in [3.05, 3.63) is 59.3 Å². The highest BCUT2D eigenvalue weighted by molar-refractivity contribution is 5.68. The zero-order valence-corrected chi connectivity index (χ0v) is 26.0. The van der Waals surface area contributed by atoms with E-state index in [1.165, 1.54) is 6.07 Å². The highest BCUT2D eigenvalue weighted by atomic mass is 19.1. The number of anilines is 3. The zero-order valence-electron chi connectivity index (χ0n) is 26.0. The first kappa shape index (κ1) is 30.4. The van der Waals surface area contributed by atoms with Crippen molar-refractivity contribution in [2.75, 3.05) is 60.8 Å². The molecular formula is C34H38F2N6O4. The molecule has 0 saturated carbocycles. The first-order valence-corrected chi connectivity index (χ1v) is 15.8. The van der Waals surface area contributed by atoms with Gasteiger partial charge in [-0.05, 0) is 37.6 Å². The lowest BCUT2D eigenvalue weighted by Crippen LogP contribution is -2.50. The van der Waals surface area contributed by atoms with Gasteiger partial charge in [0.15, 0.2) is 5.75 Å². The van der Waals surface area contributed by atoms with Crippen molar-refractivity contribution >= 4 is 17.2 Å². The number of alkyl halides is 1. The van der Waals surface area contributed by atoms with Crippen LogP contribution in [0.4, 0.5) is 26.0 Å². The van der Waals surface area contributed by atoms with Crippen molar-refractivity contribution in [1.82, 2.24) is 15.0 Å². The maximum absolute atomic E-state index is 14.9. The summed E-state index contributed by atoms with van der Waals surface area (Å²) < 4.78 is 47.3. The summed E-state index contributed by atoms with van der Waals surface area (Å²) in [6, 6.07) is 7.14. The molecule has 7 rings (SSSR count). The number of aliphatic hydroxyl groups excluding tert-OH is 1. The van der Waals surface area contributed by atoms with Gasteiger partial charge in [-0.15, -0.1) is 6.42 Å². The van der Waals surface area contributed by atoms with Gasteiger partial charge in [-0.1, -0.05) is 12.0 Å². The van der Waals surface area contributed by atoms with E-state index in [2.05, 4.69) is 27.7 Å². The van der Waals surface area contributed by atoms with Gasteiger partial charge in [-0.3, -0.25) is 0 Å². The molecular weight excluding hydrogens is 594 g/mol. The van der Waals surface area contributed by atoms with Crippen LogP contribution in [-0.4, -0.2) is 96.0 Å². The third-order valence-corrected chi connectivity index (χ3v) is 9.53. The van der Waals surface area contributed by atoms with Gasteiger partial charge >= 0.3 is 6.01 Å². The number of nitrogens with zero attached hydrogens (tertiary/aromatic N) is 6. The first-order chi connectivity index (χ1) is 22.2. The third kappa shape index (κ3) is 5.67. The van der Waals surface area contributed by atoms with Crippen molar-refractivity contribution in [2.24, 2.45) is 0 Å². The van der Waals surface area contributed by atoms with Crippen molar-refractivity contribution in [1.29, 1.82) is 0 Å². The monoisotopic (exact) mass is 632 g/mol. The summed E-state index contributed by atoms with van der Waals surface area (Å²) in [6.07, 6.45) is 8.58. The number of hydrogen-bond acceptors (Lipinski definition) is 10. The minimum atomic E-state index is -1.02. The lowest BCUT2D eigenvalue weighted by Gasteiger charge is -2.41. The van der Waals surface area contributed by atoms with E-state index in [1.807, 2.05) is 28.9 Å². The average Bonchev–Trinajstić information content (AvgIpc) is 3.37. The van der Waals surface area contributed by atoms with Gasteiger partial charge in [-0.25, -0.2) is 13.8 Å². The molecule has 1 aromatic carbocycles. The Labute approximate surface area is 267 Å². The number of morpholine rings is 1. The molecule has 0 spiro atoms. The maximum Gasteiger partial charge on any atom is 0.316 e. The molecule has 242 valence electrons. The summed E-state index contributed by atoms with van der Waals surface area (Å²) in [6.45, 7) is 7.18. The highest BCUT2D eigenvalue weighted by Gasteiger charge is 2.44. The standard InChI is InChI=1S/C34H38F2N6O4/c1-4-27-28(36)7-5-22-11-26(43)17-41(32(22)27)25-12-29-30(45-19-25)15-38-33(39-29)46-20-34(3)13-23(35)16-42(34)24-6-8-31(37-14-24)40-9-10-44-18-21(40)2/h1,5-8,14-15,21,23,25-26,43H,9-13,16-20H2,2-3H3/t21-,23-,25-,26+,34+/m1/s1. The second-order valence-corrected chi connectivity index (χ2v) is 12.9. The number of terminal acetylenes is 1. The van der Waals surface area contributed by atoms with Crippen LogP contribution in [-0.2, 0) is 17.6 Å². The number of rotatable bonds is 6. The van der Waals surface area contributed by atoms with Crippen LogP contribution in [0.3, 0.4) is 0 Å². The summed E-state index contributed by atoms with van der Waals surface area (Å²) in [5.74, 6) is 3.44. The molecule has 1 N–H and O–H groups in total. The molecule has 2 aromatic heterocycles. The largest absolute Gasteiger partial charge is 0.488 e. The number of ether oxygens (including phenoxy) is 3. The van der Waals surface area contributed by atoms with Crippen LogP contribution in [0.25, 0.3) is 0 Å². The fourth-order valence-corrected chi connectivity index (χ4v) is 7.22. The predicted octanol–water partition coefficient (Wildman–Crippen LogP) is 3.33. The molecule has 0 bridgehead atoms. The van der Waals surface area contributed by atoms with E-state index in [1.54, 1.807) is 18.5 Å². The molecule has 4 aliphatic heterocycles. The zero-order chi connectivity index (χ0) is 32.0. The molecule has 0 aliphatic carbocycles. The smallest absolute Gasteiger partial charge is 0.316 e. The topological polar surface area (TPSA) is 96.3 Å². The van der Waals surface area contributed by atoms with E-state index in [0.717, 1.165) is 23.6 Å². The van der Waals surface area contributed by atoms with E-state index >= 15 is 0 Å². The number of fused-ring (bicyclic) bond motifs is 2. The van der Waals surface area contributed by atoms with Crippen molar-refractivity contribution in [2.45, 2.75) is 63.0 Å². The molecule has 2 saturated heterocycles. The average molecular weight is 633 g/mol. The molecule has 2 fully saturated rings. The van der Waals surface area contributed by atoms with Crippen LogP contribution in [0.5, 0.6) is 11.8 Å². The van der Waals surface area contributed by atoms with Crippen molar-refractivity contribution in [3.8, 4) is 24.1 Å². The second-order valence-electron chi connectivity index (χ2n) is 12.9.